The minimum atomic E-state index is -0.268. The van der Waals surface area contributed by atoms with Crippen molar-refractivity contribution in [3.8, 4) is 11.5 Å². The van der Waals surface area contributed by atoms with Crippen molar-refractivity contribution < 1.29 is 13.9 Å². The zero-order valence-corrected chi connectivity index (χ0v) is 8.94. The average Bonchev–Trinajstić information content (AvgIpc) is 2.76. The second-order valence-corrected chi connectivity index (χ2v) is 3.70. The van der Waals surface area contributed by atoms with E-state index >= 15 is 0 Å². The van der Waals surface area contributed by atoms with Crippen LogP contribution in [0.4, 0.5) is 15.8 Å². The van der Waals surface area contributed by atoms with Gasteiger partial charge < -0.3 is 14.8 Å². The van der Waals surface area contributed by atoms with Crippen LogP contribution in [0.25, 0.3) is 0 Å². The first-order valence-corrected chi connectivity index (χ1v) is 5.23. The Morgan fingerprint density at radius 1 is 0.941 bits per heavy atom. The number of benzene rings is 2. The summed E-state index contributed by atoms with van der Waals surface area (Å²) in [5.41, 5.74) is 1.53. The Hall–Kier alpha value is -2.23. The quantitative estimate of drug-likeness (QED) is 0.860. The summed E-state index contributed by atoms with van der Waals surface area (Å²) in [6.45, 7) is 0.249. The van der Waals surface area contributed by atoms with Crippen LogP contribution in [-0.4, -0.2) is 6.79 Å². The molecule has 86 valence electrons. The maximum absolute atomic E-state index is 13.0. The number of fused-ring (bicyclic) bond motifs is 1. The second-order valence-electron chi connectivity index (χ2n) is 3.70. The van der Waals surface area contributed by atoms with E-state index in [9.17, 15) is 4.39 Å². The summed E-state index contributed by atoms with van der Waals surface area (Å²) in [6, 6.07) is 11.8. The molecule has 0 spiro atoms. The summed E-state index contributed by atoms with van der Waals surface area (Å²) in [7, 11) is 0. The highest BCUT2D eigenvalue weighted by molar-refractivity contribution is 5.63. The molecular formula is C13H10FNO2. The maximum atomic E-state index is 13.0. The van der Waals surface area contributed by atoms with Gasteiger partial charge in [0, 0.05) is 17.4 Å². The van der Waals surface area contributed by atoms with E-state index in [1.165, 1.54) is 12.1 Å². The minimum Gasteiger partial charge on any atom is -0.454 e. The molecule has 2 aromatic rings. The van der Waals surface area contributed by atoms with Gasteiger partial charge in [-0.25, -0.2) is 4.39 Å². The van der Waals surface area contributed by atoms with Gasteiger partial charge in [0.2, 0.25) is 6.79 Å². The predicted octanol–water partition coefficient (Wildman–Crippen LogP) is 3.30. The first-order chi connectivity index (χ1) is 8.31. The molecule has 2 aromatic carbocycles. The molecule has 0 atom stereocenters. The topological polar surface area (TPSA) is 30.5 Å². The van der Waals surface area contributed by atoms with Crippen LogP contribution in [0.15, 0.2) is 42.5 Å². The number of anilines is 2. The third-order valence-electron chi connectivity index (χ3n) is 2.49. The second kappa shape index (κ2) is 3.97. The lowest BCUT2D eigenvalue weighted by Crippen LogP contribution is -1.93. The number of hydrogen-bond acceptors (Lipinski definition) is 3. The molecule has 3 rings (SSSR count). The van der Waals surface area contributed by atoms with Gasteiger partial charge in [0.25, 0.3) is 0 Å². The molecule has 1 N–H and O–H groups in total. The van der Waals surface area contributed by atoms with Gasteiger partial charge in [-0.2, -0.15) is 0 Å². The predicted molar refractivity (Wildman–Crippen MR) is 62.2 cm³/mol. The standard InChI is InChI=1S/C13H10FNO2/c14-9-2-1-3-10(6-9)15-11-4-5-12-13(7-11)17-8-16-12/h1-7,15H,8H2. The Bertz CT molecular complexity index is 557. The van der Waals surface area contributed by atoms with Gasteiger partial charge in [0.15, 0.2) is 11.5 Å². The summed E-state index contributed by atoms with van der Waals surface area (Å²) < 4.78 is 23.5. The number of hydrogen-bond donors (Lipinski definition) is 1. The summed E-state index contributed by atoms with van der Waals surface area (Å²) in [5.74, 6) is 1.16. The first-order valence-electron chi connectivity index (χ1n) is 5.23. The number of nitrogens with one attached hydrogen (secondary N) is 1. The zero-order valence-electron chi connectivity index (χ0n) is 8.94. The molecule has 0 fully saturated rings. The maximum Gasteiger partial charge on any atom is 0.231 e. The van der Waals surface area contributed by atoms with Crippen LogP contribution in [0.5, 0.6) is 11.5 Å². The number of halogens is 1. The smallest absolute Gasteiger partial charge is 0.231 e. The fraction of sp³-hybridized carbons (Fsp3) is 0.0769. The van der Waals surface area contributed by atoms with Crippen LogP contribution in [0, 0.1) is 5.82 Å². The SMILES string of the molecule is Fc1cccc(Nc2ccc3c(c2)OCO3)c1. The Labute approximate surface area is 97.8 Å². The Balaban J connectivity index is 1.86. The van der Waals surface area contributed by atoms with Crippen LogP contribution in [0.2, 0.25) is 0 Å². The van der Waals surface area contributed by atoms with Crippen molar-refractivity contribution in [2.75, 3.05) is 12.1 Å². The molecule has 0 bridgehead atoms. The molecule has 0 aliphatic carbocycles. The monoisotopic (exact) mass is 231 g/mol. The lowest BCUT2D eigenvalue weighted by atomic mass is 10.2. The van der Waals surface area contributed by atoms with Crippen molar-refractivity contribution in [1.82, 2.24) is 0 Å². The molecule has 0 radical (unpaired) electrons. The van der Waals surface area contributed by atoms with Crippen molar-refractivity contribution >= 4 is 11.4 Å². The van der Waals surface area contributed by atoms with Crippen molar-refractivity contribution in [3.63, 3.8) is 0 Å². The fourth-order valence-corrected chi connectivity index (χ4v) is 1.71. The highest BCUT2D eigenvalue weighted by Gasteiger charge is 2.13. The van der Waals surface area contributed by atoms with E-state index in [1.807, 2.05) is 18.2 Å². The van der Waals surface area contributed by atoms with Crippen molar-refractivity contribution in [2.24, 2.45) is 0 Å². The summed E-state index contributed by atoms with van der Waals surface area (Å²) in [6.07, 6.45) is 0. The Morgan fingerprint density at radius 2 is 1.76 bits per heavy atom. The lowest BCUT2D eigenvalue weighted by Gasteiger charge is -2.07. The highest BCUT2D eigenvalue weighted by atomic mass is 19.1. The van der Waals surface area contributed by atoms with Gasteiger partial charge in [0.05, 0.1) is 0 Å². The molecule has 1 heterocycles. The summed E-state index contributed by atoms with van der Waals surface area (Å²) >= 11 is 0. The molecular weight excluding hydrogens is 221 g/mol. The van der Waals surface area contributed by atoms with Crippen LogP contribution >= 0.6 is 0 Å². The summed E-state index contributed by atoms with van der Waals surface area (Å²) in [4.78, 5) is 0. The van der Waals surface area contributed by atoms with Gasteiger partial charge in [0.1, 0.15) is 5.82 Å². The van der Waals surface area contributed by atoms with E-state index < -0.39 is 0 Å². The van der Waals surface area contributed by atoms with Crippen LogP contribution in [-0.2, 0) is 0 Å². The van der Waals surface area contributed by atoms with Crippen molar-refractivity contribution in [3.05, 3.63) is 48.3 Å². The van der Waals surface area contributed by atoms with E-state index in [4.69, 9.17) is 9.47 Å². The van der Waals surface area contributed by atoms with Gasteiger partial charge in [-0.15, -0.1) is 0 Å². The highest BCUT2D eigenvalue weighted by Crippen LogP contribution is 2.35. The van der Waals surface area contributed by atoms with Crippen LogP contribution in [0.3, 0.4) is 0 Å². The van der Waals surface area contributed by atoms with Gasteiger partial charge in [-0.1, -0.05) is 6.07 Å². The lowest BCUT2D eigenvalue weighted by molar-refractivity contribution is 0.174. The Kier molecular flexibility index (Phi) is 2.33. The molecule has 0 saturated carbocycles. The van der Waals surface area contributed by atoms with E-state index in [0.29, 0.717) is 11.4 Å². The molecule has 0 saturated heterocycles. The van der Waals surface area contributed by atoms with Crippen molar-refractivity contribution in [2.45, 2.75) is 0 Å². The first kappa shape index (κ1) is 9.96. The third kappa shape index (κ3) is 2.01. The molecule has 1 aliphatic rings. The van der Waals surface area contributed by atoms with Gasteiger partial charge in [-0.3, -0.25) is 0 Å². The molecule has 17 heavy (non-hydrogen) atoms. The normalized spacial score (nSPS) is 12.5. The minimum absolute atomic E-state index is 0.249. The molecule has 3 nitrogen and oxygen atoms in total. The number of ether oxygens (including phenoxy) is 2. The molecule has 0 amide bonds. The van der Waals surface area contributed by atoms with E-state index in [0.717, 1.165) is 11.4 Å². The Morgan fingerprint density at radius 3 is 2.65 bits per heavy atom. The third-order valence-corrected chi connectivity index (χ3v) is 2.49. The van der Waals surface area contributed by atoms with E-state index in [1.54, 1.807) is 12.1 Å². The fourth-order valence-electron chi connectivity index (χ4n) is 1.71. The zero-order chi connectivity index (χ0) is 11.7. The molecule has 1 aliphatic heterocycles. The van der Waals surface area contributed by atoms with Gasteiger partial charge in [-0.05, 0) is 30.3 Å². The van der Waals surface area contributed by atoms with Gasteiger partial charge >= 0.3 is 0 Å². The molecule has 0 unspecified atom stereocenters. The summed E-state index contributed by atoms with van der Waals surface area (Å²) in [5, 5.41) is 3.10. The van der Waals surface area contributed by atoms with Crippen LogP contribution < -0.4 is 14.8 Å². The van der Waals surface area contributed by atoms with E-state index in [-0.39, 0.29) is 12.6 Å². The van der Waals surface area contributed by atoms with E-state index in [2.05, 4.69) is 5.32 Å². The van der Waals surface area contributed by atoms with Crippen molar-refractivity contribution in [1.29, 1.82) is 0 Å². The molecule has 0 aromatic heterocycles. The largest absolute Gasteiger partial charge is 0.454 e. The van der Waals surface area contributed by atoms with Crippen LogP contribution in [0.1, 0.15) is 0 Å². The average molecular weight is 231 g/mol. The number of rotatable bonds is 2. The molecule has 4 heteroatoms.